The number of halogens is 1. The van der Waals surface area contributed by atoms with Crippen LogP contribution in [0.2, 0.25) is 5.02 Å². The molecule has 2 aliphatic rings. The summed E-state index contributed by atoms with van der Waals surface area (Å²) in [6, 6.07) is 13.6. The molecule has 0 aromatic heterocycles. The average molecular weight is 554 g/mol. The summed E-state index contributed by atoms with van der Waals surface area (Å²) in [5.41, 5.74) is 1.24. The van der Waals surface area contributed by atoms with Gasteiger partial charge in [0.25, 0.3) is 0 Å². The molecule has 2 heterocycles. The van der Waals surface area contributed by atoms with E-state index in [1.165, 1.54) is 29.8 Å². The molecule has 36 heavy (non-hydrogen) atoms. The van der Waals surface area contributed by atoms with Crippen LogP contribution >= 0.6 is 11.6 Å². The average Bonchev–Trinajstić information content (AvgIpc) is 3.38. The van der Waals surface area contributed by atoms with Gasteiger partial charge in [0.15, 0.2) is 9.84 Å². The zero-order chi connectivity index (χ0) is 25.8. The summed E-state index contributed by atoms with van der Waals surface area (Å²) < 4.78 is 53.4. The monoisotopic (exact) mass is 553 g/mol. The zero-order valence-corrected chi connectivity index (χ0v) is 23.2. The molecule has 7 nitrogen and oxygen atoms in total. The van der Waals surface area contributed by atoms with E-state index in [4.69, 9.17) is 11.6 Å². The quantitative estimate of drug-likeness (QED) is 0.448. The zero-order valence-electron chi connectivity index (χ0n) is 20.9. The van der Waals surface area contributed by atoms with Crippen LogP contribution in [0.5, 0.6) is 0 Å². The normalized spacial score (nSPS) is 18.8. The molecule has 0 aliphatic carbocycles. The van der Waals surface area contributed by atoms with Crippen LogP contribution in [0.15, 0.2) is 58.3 Å². The molecule has 0 unspecified atom stereocenters. The second-order valence-corrected chi connectivity index (χ2v) is 14.2. The lowest BCUT2D eigenvalue weighted by Crippen LogP contribution is -2.49. The molecule has 0 N–H and O–H groups in total. The second-order valence-electron chi connectivity index (χ2n) is 9.86. The molecule has 0 saturated carbocycles. The molecule has 0 radical (unpaired) electrons. The van der Waals surface area contributed by atoms with E-state index in [2.05, 4.69) is 9.80 Å². The molecular formula is C26H36ClN3O4S2. The van der Waals surface area contributed by atoms with E-state index in [9.17, 15) is 16.8 Å². The van der Waals surface area contributed by atoms with Gasteiger partial charge in [0.2, 0.25) is 10.0 Å². The predicted molar refractivity (Wildman–Crippen MR) is 144 cm³/mol. The highest BCUT2D eigenvalue weighted by atomic mass is 35.5. The number of sulfone groups is 1. The van der Waals surface area contributed by atoms with Crippen LogP contribution < -0.4 is 0 Å². The van der Waals surface area contributed by atoms with Gasteiger partial charge in [-0.05, 0) is 94.2 Å². The van der Waals surface area contributed by atoms with Gasteiger partial charge in [-0.3, -0.25) is 0 Å². The van der Waals surface area contributed by atoms with Crippen molar-refractivity contribution in [3.63, 3.8) is 0 Å². The van der Waals surface area contributed by atoms with E-state index in [0.29, 0.717) is 13.1 Å². The molecule has 198 valence electrons. The number of rotatable bonds is 10. The van der Waals surface area contributed by atoms with Gasteiger partial charge in [0.05, 0.1) is 9.79 Å². The highest BCUT2D eigenvalue weighted by molar-refractivity contribution is 7.91. The Hall–Kier alpha value is -1.49. The summed E-state index contributed by atoms with van der Waals surface area (Å²) in [7, 11) is -7.35. The summed E-state index contributed by atoms with van der Waals surface area (Å²) in [6.45, 7) is 5.70. The van der Waals surface area contributed by atoms with Gasteiger partial charge in [-0.25, -0.2) is 16.8 Å². The Morgan fingerprint density at radius 2 is 1.47 bits per heavy atom. The number of hydrogen-bond donors (Lipinski definition) is 0. The minimum absolute atomic E-state index is 0.0279. The molecule has 2 saturated heterocycles. The van der Waals surface area contributed by atoms with Crippen molar-refractivity contribution < 1.29 is 16.8 Å². The summed E-state index contributed by atoms with van der Waals surface area (Å²) in [6.07, 6.45) is 5.84. The van der Waals surface area contributed by atoms with Crippen molar-refractivity contribution >= 4 is 31.5 Å². The Morgan fingerprint density at radius 3 is 2.11 bits per heavy atom. The Morgan fingerprint density at radius 1 is 0.861 bits per heavy atom. The largest absolute Gasteiger partial charge is 0.303 e. The molecule has 2 aliphatic heterocycles. The number of piperidine rings is 1. The van der Waals surface area contributed by atoms with Gasteiger partial charge in [0.1, 0.15) is 0 Å². The van der Waals surface area contributed by atoms with E-state index in [1.807, 2.05) is 24.3 Å². The Balaban J connectivity index is 1.46. The summed E-state index contributed by atoms with van der Waals surface area (Å²) in [5, 5.41) is 0.733. The van der Waals surface area contributed by atoms with Gasteiger partial charge in [-0.1, -0.05) is 29.8 Å². The first-order valence-corrected chi connectivity index (χ1v) is 16.3. The van der Waals surface area contributed by atoms with E-state index in [1.54, 1.807) is 4.31 Å². The minimum Gasteiger partial charge on any atom is -0.303 e. The maximum absolute atomic E-state index is 13.8. The number of nitrogens with zero attached hydrogens (tertiary/aromatic N) is 3. The summed E-state index contributed by atoms with van der Waals surface area (Å²) in [4.78, 5) is 4.79. The van der Waals surface area contributed by atoms with Crippen molar-refractivity contribution in [3.8, 4) is 0 Å². The number of benzene rings is 2. The lowest BCUT2D eigenvalue weighted by Gasteiger charge is -2.38. The van der Waals surface area contributed by atoms with E-state index in [-0.39, 0.29) is 15.8 Å². The van der Waals surface area contributed by atoms with Crippen LogP contribution in [0.3, 0.4) is 0 Å². The van der Waals surface area contributed by atoms with Crippen LogP contribution in [0, 0.1) is 0 Å². The maximum atomic E-state index is 13.8. The third-order valence-corrected chi connectivity index (χ3v) is 10.6. The molecule has 2 aromatic carbocycles. The van der Waals surface area contributed by atoms with Crippen molar-refractivity contribution in [2.75, 3.05) is 52.1 Å². The highest BCUT2D eigenvalue weighted by Crippen LogP contribution is 2.26. The Labute approximate surface area is 221 Å². The number of sulfonamides is 1. The molecule has 4 rings (SSSR count). The molecular weight excluding hydrogens is 518 g/mol. The SMILES string of the molecule is CS(=O)(=O)c1cccc(S(=O)(=O)N(CCN2CCCC2)C2CCN(CCc3ccc(Cl)cc3)CC2)c1. The van der Waals surface area contributed by atoms with Crippen molar-refractivity contribution in [1.82, 2.24) is 14.1 Å². The fraction of sp³-hybridized carbons (Fsp3) is 0.538. The van der Waals surface area contributed by atoms with Crippen LogP contribution in [0.1, 0.15) is 31.2 Å². The number of likely N-dealkylation sites (tertiary alicyclic amines) is 2. The van der Waals surface area contributed by atoms with Crippen LogP contribution in [0.4, 0.5) is 0 Å². The van der Waals surface area contributed by atoms with E-state index >= 15 is 0 Å². The van der Waals surface area contributed by atoms with Gasteiger partial charge in [-0.15, -0.1) is 0 Å². The molecule has 0 bridgehead atoms. The van der Waals surface area contributed by atoms with Gasteiger partial charge < -0.3 is 9.80 Å². The molecule has 2 fully saturated rings. The van der Waals surface area contributed by atoms with Crippen molar-refractivity contribution in [2.24, 2.45) is 0 Å². The minimum atomic E-state index is -3.84. The fourth-order valence-corrected chi connectivity index (χ4v) is 7.71. The second kappa shape index (κ2) is 11.9. The summed E-state index contributed by atoms with van der Waals surface area (Å²) in [5.74, 6) is 0. The summed E-state index contributed by atoms with van der Waals surface area (Å²) >= 11 is 5.99. The Kier molecular flexibility index (Phi) is 9.12. The molecule has 2 aromatic rings. The topological polar surface area (TPSA) is 78.0 Å². The predicted octanol–water partition coefficient (Wildman–Crippen LogP) is 3.54. The Bertz CT molecular complexity index is 1220. The highest BCUT2D eigenvalue weighted by Gasteiger charge is 2.34. The molecule has 0 spiro atoms. The van der Waals surface area contributed by atoms with Gasteiger partial charge >= 0.3 is 0 Å². The van der Waals surface area contributed by atoms with Crippen molar-refractivity contribution in [3.05, 3.63) is 59.1 Å². The third-order valence-electron chi connectivity index (χ3n) is 7.27. The molecule has 10 heteroatoms. The van der Waals surface area contributed by atoms with Crippen molar-refractivity contribution in [2.45, 2.75) is 47.9 Å². The lowest BCUT2D eigenvalue weighted by molar-refractivity contribution is 0.153. The van der Waals surface area contributed by atoms with Crippen LogP contribution in [0.25, 0.3) is 0 Å². The molecule has 0 amide bonds. The van der Waals surface area contributed by atoms with E-state index in [0.717, 1.165) is 76.1 Å². The first-order chi connectivity index (χ1) is 17.1. The first kappa shape index (κ1) is 27.5. The lowest BCUT2D eigenvalue weighted by atomic mass is 10.0. The fourth-order valence-electron chi connectivity index (χ4n) is 5.12. The number of hydrogen-bond acceptors (Lipinski definition) is 6. The standard InChI is InChI=1S/C26H36ClN3O4S2/c1-35(31,32)25-5-4-6-26(21-25)36(33,34)30(20-19-28-14-2-3-15-28)24-12-17-29(18-13-24)16-11-22-7-9-23(27)10-8-22/h4-10,21,24H,2-3,11-20H2,1H3. The van der Waals surface area contributed by atoms with Crippen molar-refractivity contribution in [1.29, 1.82) is 0 Å². The van der Waals surface area contributed by atoms with Gasteiger partial charge in [-0.2, -0.15) is 4.31 Å². The van der Waals surface area contributed by atoms with Crippen LogP contribution in [-0.2, 0) is 26.3 Å². The molecule has 0 atom stereocenters. The first-order valence-electron chi connectivity index (χ1n) is 12.6. The van der Waals surface area contributed by atoms with Gasteiger partial charge in [0, 0.05) is 37.0 Å². The smallest absolute Gasteiger partial charge is 0.243 e. The maximum Gasteiger partial charge on any atom is 0.243 e. The van der Waals surface area contributed by atoms with Crippen LogP contribution in [-0.4, -0.2) is 89.1 Å². The van der Waals surface area contributed by atoms with E-state index < -0.39 is 19.9 Å². The third kappa shape index (κ3) is 7.08.